The van der Waals surface area contributed by atoms with E-state index in [1.807, 2.05) is 29.2 Å². The summed E-state index contributed by atoms with van der Waals surface area (Å²) in [5.74, 6) is 0.868. The maximum absolute atomic E-state index is 12.6. The van der Waals surface area contributed by atoms with Crippen LogP contribution in [0.1, 0.15) is 46.1 Å². The van der Waals surface area contributed by atoms with E-state index in [1.165, 1.54) is 5.56 Å². The Balaban J connectivity index is 1.89. The van der Waals surface area contributed by atoms with Crippen molar-refractivity contribution in [2.45, 2.75) is 52.1 Å². The van der Waals surface area contributed by atoms with Crippen molar-refractivity contribution in [3.05, 3.63) is 29.8 Å². The van der Waals surface area contributed by atoms with Gasteiger partial charge in [-0.25, -0.2) is 0 Å². The van der Waals surface area contributed by atoms with Gasteiger partial charge >= 0.3 is 0 Å². The first-order chi connectivity index (χ1) is 12.1. The first-order valence-corrected chi connectivity index (χ1v) is 9.36. The van der Waals surface area contributed by atoms with Crippen molar-refractivity contribution < 1.29 is 14.3 Å². The molecule has 1 heterocycles. The van der Waals surface area contributed by atoms with Gasteiger partial charge in [-0.1, -0.05) is 32.9 Å². The van der Waals surface area contributed by atoms with Crippen LogP contribution in [-0.4, -0.2) is 54.9 Å². The van der Waals surface area contributed by atoms with Crippen LogP contribution in [0.2, 0.25) is 0 Å². The van der Waals surface area contributed by atoms with E-state index in [-0.39, 0.29) is 23.1 Å². The minimum Gasteiger partial charge on any atom is -0.481 e. The zero-order chi connectivity index (χ0) is 19.5. The highest BCUT2D eigenvalue weighted by molar-refractivity contribution is 5.82. The van der Waals surface area contributed by atoms with E-state index in [0.717, 1.165) is 12.8 Å². The monoisotopic (exact) mass is 360 g/mol. The molecule has 0 aliphatic carbocycles. The predicted molar refractivity (Wildman–Crippen MR) is 103 cm³/mol. The van der Waals surface area contributed by atoms with Crippen LogP contribution in [0.15, 0.2) is 24.3 Å². The lowest BCUT2D eigenvalue weighted by Gasteiger charge is -2.33. The number of hydrogen-bond acceptors (Lipinski definition) is 3. The van der Waals surface area contributed by atoms with Crippen LogP contribution in [0.5, 0.6) is 5.75 Å². The summed E-state index contributed by atoms with van der Waals surface area (Å²) < 4.78 is 5.84. The van der Waals surface area contributed by atoms with Crippen LogP contribution in [0.4, 0.5) is 0 Å². The number of piperidine rings is 1. The Kier molecular flexibility index (Phi) is 6.32. The molecule has 1 aliphatic rings. The lowest BCUT2D eigenvalue weighted by atomic mass is 9.87. The van der Waals surface area contributed by atoms with E-state index in [9.17, 15) is 9.59 Å². The van der Waals surface area contributed by atoms with Gasteiger partial charge in [-0.05, 0) is 42.9 Å². The van der Waals surface area contributed by atoms with Gasteiger partial charge in [-0.2, -0.15) is 0 Å². The summed E-state index contributed by atoms with van der Waals surface area (Å²) in [6, 6.07) is 7.94. The SMILES string of the molecule is CC(Oc1ccc(C(C)(C)C)cc1)C(=O)N1CCC(C(=O)N(C)C)CC1. The van der Waals surface area contributed by atoms with Crippen LogP contribution in [0.25, 0.3) is 0 Å². The third-order valence-corrected chi connectivity index (χ3v) is 4.98. The second-order valence-corrected chi connectivity index (χ2v) is 8.37. The standard InChI is InChI=1S/C21H32N2O3/c1-15(26-18-9-7-17(8-10-18)21(2,3)4)19(24)23-13-11-16(12-14-23)20(25)22(5)6/h7-10,15-16H,11-14H2,1-6H3. The first kappa shape index (κ1) is 20.3. The predicted octanol–water partition coefficient (Wildman–Crippen LogP) is 3.08. The van der Waals surface area contributed by atoms with Gasteiger partial charge in [0.25, 0.3) is 5.91 Å². The Morgan fingerprint density at radius 2 is 1.65 bits per heavy atom. The van der Waals surface area contributed by atoms with E-state index in [2.05, 4.69) is 20.8 Å². The van der Waals surface area contributed by atoms with Crippen molar-refractivity contribution in [2.75, 3.05) is 27.2 Å². The highest BCUT2D eigenvalue weighted by Gasteiger charge is 2.30. The maximum Gasteiger partial charge on any atom is 0.263 e. The largest absolute Gasteiger partial charge is 0.481 e. The zero-order valence-electron chi connectivity index (χ0n) is 16.9. The molecule has 0 aromatic heterocycles. The topological polar surface area (TPSA) is 49.9 Å². The number of benzene rings is 1. The molecule has 1 aromatic rings. The highest BCUT2D eigenvalue weighted by atomic mass is 16.5. The van der Waals surface area contributed by atoms with Gasteiger partial charge in [0.2, 0.25) is 5.91 Å². The summed E-state index contributed by atoms with van der Waals surface area (Å²) in [7, 11) is 3.56. The molecule has 1 aliphatic heterocycles. The minimum absolute atomic E-state index is 0.0133. The fourth-order valence-electron chi connectivity index (χ4n) is 3.26. The van der Waals surface area contributed by atoms with Crippen molar-refractivity contribution in [2.24, 2.45) is 5.92 Å². The molecule has 1 saturated heterocycles. The Bertz CT molecular complexity index is 624. The molecule has 5 nitrogen and oxygen atoms in total. The van der Waals surface area contributed by atoms with Crippen molar-refractivity contribution >= 4 is 11.8 Å². The van der Waals surface area contributed by atoms with Crippen LogP contribution < -0.4 is 4.74 Å². The average molecular weight is 360 g/mol. The number of nitrogens with zero attached hydrogens (tertiary/aromatic N) is 2. The van der Waals surface area contributed by atoms with Gasteiger partial charge in [-0.3, -0.25) is 9.59 Å². The summed E-state index contributed by atoms with van der Waals surface area (Å²) in [5.41, 5.74) is 1.32. The van der Waals surface area contributed by atoms with Crippen molar-refractivity contribution in [3.8, 4) is 5.75 Å². The summed E-state index contributed by atoms with van der Waals surface area (Å²) in [6.45, 7) is 9.51. The molecule has 1 fully saturated rings. The summed E-state index contributed by atoms with van der Waals surface area (Å²) >= 11 is 0. The second kappa shape index (κ2) is 8.11. The smallest absolute Gasteiger partial charge is 0.263 e. The Hall–Kier alpha value is -2.04. The maximum atomic E-state index is 12.6. The summed E-state index contributed by atoms with van der Waals surface area (Å²) in [6.07, 6.45) is 0.905. The molecule has 5 heteroatoms. The van der Waals surface area contributed by atoms with E-state index in [4.69, 9.17) is 4.74 Å². The lowest BCUT2D eigenvalue weighted by molar-refractivity contribution is -0.142. The molecular formula is C21H32N2O3. The van der Waals surface area contributed by atoms with E-state index in [0.29, 0.717) is 18.8 Å². The average Bonchev–Trinajstić information content (AvgIpc) is 2.60. The summed E-state index contributed by atoms with van der Waals surface area (Å²) in [4.78, 5) is 28.1. The molecule has 0 spiro atoms. The van der Waals surface area contributed by atoms with Gasteiger partial charge in [0.05, 0.1) is 0 Å². The molecule has 144 valence electrons. The Labute approximate surface area is 157 Å². The van der Waals surface area contributed by atoms with Gasteiger partial charge in [0.15, 0.2) is 6.10 Å². The van der Waals surface area contributed by atoms with Crippen LogP contribution in [0, 0.1) is 5.92 Å². The van der Waals surface area contributed by atoms with Crippen molar-refractivity contribution in [3.63, 3.8) is 0 Å². The molecule has 0 bridgehead atoms. The number of carbonyl (C=O) groups excluding carboxylic acids is 2. The minimum atomic E-state index is -0.531. The molecule has 1 atom stereocenters. The fourth-order valence-corrected chi connectivity index (χ4v) is 3.26. The first-order valence-electron chi connectivity index (χ1n) is 9.36. The normalized spacial score (nSPS) is 16.9. The second-order valence-electron chi connectivity index (χ2n) is 8.37. The van der Waals surface area contributed by atoms with E-state index >= 15 is 0 Å². The van der Waals surface area contributed by atoms with Crippen LogP contribution in [0.3, 0.4) is 0 Å². The third kappa shape index (κ3) is 4.99. The molecule has 0 saturated carbocycles. The number of carbonyl (C=O) groups is 2. The molecule has 2 rings (SSSR count). The highest BCUT2D eigenvalue weighted by Crippen LogP contribution is 2.25. The fraction of sp³-hybridized carbons (Fsp3) is 0.619. The number of rotatable bonds is 4. The van der Waals surface area contributed by atoms with E-state index in [1.54, 1.807) is 25.9 Å². The molecule has 2 amide bonds. The van der Waals surface area contributed by atoms with Gasteiger partial charge in [0, 0.05) is 33.1 Å². The quantitative estimate of drug-likeness (QED) is 0.829. The van der Waals surface area contributed by atoms with Gasteiger partial charge < -0.3 is 14.5 Å². The van der Waals surface area contributed by atoms with Gasteiger partial charge in [0.1, 0.15) is 5.75 Å². The Morgan fingerprint density at radius 1 is 1.12 bits per heavy atom. The Morgan fingerprint density at radius 3 is 2.12 bits per heavy atom. The van der Waals surface area contributed by atoms with Gasteiger partial charge in [-0.15, -0.1) is 0 Å². The number of likely N-dealkylation sites (tertiary alicyclic amines) is 1. The molecule has 26 heavy (non-hydrogen) atoms. The zero-order valence-corrected chi connectivity index (χ0v) is 16.9. The number of amides is 2. The van der Waals surface area contributed by atoms with E-state index < -0.39 is 6.10 Å². The molecular weight excluding hydrogens is 328 g/mol. The number of hydrogen-bond donors (Lipinski definition) is 0. The third-order valence-electron chi connectivity index (χ3n) is 4.98. The summed E-state index contributed by atoms with van der Waals surface area (Å²) in [5, 5.41) is 0. The van der Waals surface area contributed by atoms with Crippen LogP contribution in [-0.2, 0) is 15.0 Å². The van der Waals surface area contributed by atoms with Crippen molar-refractivity contribution in [1.82, 2.24) is 9.80 Å². The molecule has 1 aromatic carbocycles. The lowest BCUT2D eigenvalue weighted by Crippen LogP contribution is -2.47. The number of ether oxygens (including phenoxy) is 1. The van der Waals surface area contributed by atoms with Crippen molar-refractivity contribution in [1.29, 1.82) is 0 Å². The molecule has 1 unspecified atom stereocenters. The van der Waals surface area contributed by atoms with Crippen LogP contribution >= 0.6 is 0 Å². The molecule has 0 radical (unpaired) electrons. The molecule has 0 N–H and O–H groups in total.